The molecule has 2 amide bonds. The van der Waals surface area contributed by atoms with E-state index in [-0.39, 0.29) is 29.8 Å². The molecule has 0 radical (unpaired) electrons. The minimum Gasteiger partial charge on any atom is -0.388 e. The Morgan fingerprint density at radius 3 is 2.52 bits per heavy atom. The Morgan fingerprint density at radius 2 is 2.00 bits per heavy atom. The molecule has 0 bridgehead atoms. The fourth-order valence-corrected chi connectivity index (χ4v) is 2.84. The molecule has 2 N–H and O–H groups in total. The number of rotatable bonds is 4. The molecule has 0 aliphatic carbocycles. The van der Waals surface area contributed by atoms with E-state index in [0.717, 1.165) is 0 Å². The number of nitrogens with zero attached hydrogens (tertiary/aromatic N) is 1. The normalized spacial score (nSPS) is 19.8. The summed E-state index contributed by atoms with van der Waals surface area (Å²) in [6.45, 7) is 6.42. The van der Waals surface area contributed by atoms with Crippen molar-refractivity contribution in [2.75, 3.05) is 6.54 Å². The van der Waals surface area contributed by atoms with E-state index in [1.807, 2.05) is 20.8 Å². The molecule has 1 aliphatic heterocycles. The third-order valence-corrected chi connectivity index (χ3v) is 4.19. The van der Waals surface area contributed by atoms with Crippen molar-refractivity contribution < 1.29 is 14.7 Å². The molecule has 5 nitrogen and oxygen atoms in total. The van der Waals surface area contributed by atoms with E-state index in [0.29, 0.717) is 23.6 Å². The van der Waals surface area contributed by atoms with Gasteiger partial charge in [0.05, 0.1) is 18.6 Å². The zero-order valence-corrected chi connectivity index (χ0v) is 14.4. The van der Waals surface area contributed by atoms with Crippen LogP contribution in [0.3, 0.4) is 0 Å². The van der Waals surface area contributed by atoms with Crippen LogP contribution in [-0.2, 0) is 9.59 Å². The van der Waals surface area contributed by atoms with Crippen LogP contribution >= 0.6 is 11.6 Å². The van der Waals surface area contributed by atoms with Gasteiger partial charge in [-0.1, -0.05) is 23.7 Å². The number of carbonyl (C=O) groups excluding carboxylic acids is 2. The lowest BCUT2D eigenvalue weighted by molar-refractivity contribution is -0.131. The number of benzene rings is 1. The van der Waals surface area contributed by atoms with Crippen molar-refractivity contribution in [3.05, 3.63) is 34.9 Å². The molecule has 1 aromatic rings. The van der Waals surface area contributed by atoms with E-state index in [1.54, 1.807) is 29.2 Å². The van der Waals surface area contributed by atoms with Crippen LogP contribution in [-0.4, -0.2) is 39.9 Å². The lowest BCUT2D eigenvalue weighted by Crippen LogP contribution is -2.44. The molecule has 2 rings (SSSR count). The van der Waals surface area contributed by atoms with Gasteiger partial charge in [0.25, 0.3) is 0 Å². The first-order valence-corrected chi connectivity index (χ1v) is 8.08. The van der Waals surface area contributed by atoms with E-state index >= 15 is 0 Å². The number of aliphatic hydroxyl groups is 1. The predicted octanol–water partition coefficient (Wildman–Crippen LogP) is 2.28. The Kier molecular flexibility index (Phi) is 5.32. The highest BCUT2D eigenvalue weighted by Gasteiger charge is 2.36. The lowest BCUT2D eigenvalue weighted by Gasteiger charge is -2.32. The second kappa shape index (κ2) is 6.89. The molecule has 2 unspecified atom stereocenters. The largest absolute Gasteiger partial charge is 0.388 e. The van der Waals surface area contributed by atoms with Crippen molar-refractivity contribution in [2.45, 2.75) is 51.3 Å². The molecule has 1 heterocycles. The van der Waals surface area contributed by atoms with Gasteiger partial charge in [-0.05, 0) is 38.5 Å². The third-order valence-electron chi connectivity index (χ3n) is 3.93. The van der Waals surface area contributed by atoms with E-state index in [9.17, 15) is 14.7 Å². The molecule has 23 heavy (non-hydrogen) atoms. The van der Waals surface area contributed by atoms with Crippen molar-refractivity contribution in [1.29, 1.82) is 0 Å². The van der Waals surface area contributed by atoms with Gasteiger partial charge in [-0.2, -0.15) is 0 Å². The van der Waals surface area contributed by atoms with Crippen LogP contribution in [0.25, 0.3) is 0 Å². The Bertz CT molecular complexity index is 580. The lowest BCUT2D eigenvalue weighted by atomic mass is 10.1. The minimum absolute atomic E-state index is 0.0398. The maximum absolute atomic E-state index is 12.1. The summed E-state index contributed by atoms with van der Waals surface area (Å²) in [5, 5.41) is 13.5. The van der Waals surface area contributed by atoms with E-state index < -0.39 is 6.10 Å². The smallest absolute Gasteiger partial charge is 0.225 e. The summed E-state index contributed by atoms with van der Waals surface area (Å²) in [6.07, 6.45) is -0.620. The van der Waals surface area contributed by atoms with Gasteiger partial charge in [-0.25, -0.2) is 0 Å². The number of halogens is 1. The van der Waals surface area contributed by atoms with Crippen molar-refractivity contribution in [3.8, 4) is 0 Å². The van der Waals surface area contributed by atoms with Crippen LogP contribution in [0.5, 0.6) is 0 Å². The van der Waals surface area contributed by atoms with Crippen LogP contribution in [0, 0.1) is 0 Å². The zero-order valence-electron chi connectivity index (χ0n) is 13.7. The molecular weight excluding hydrogens is 316 g/mol. The molecule has 1 fully saturated rings. The van der Waals surface area contributed by atoms with Gasteiger partial charge >= 0.3 is 0 Å². The molecule has 1 saturated heterocycles. The molecule has 1 aliphatic rings. The highest BCUT2D eigenvalue weighted by Crippen LogP contribution is 2.23. The summed E-state index contributed by atoms with van der Waals surface area (Å²) in [6, 6.07) is 6.54. The number of hydrogen-bond acceptors (Lipinski definition) is 3. The number of carbonyl (C=O) groups is 2. The second-order valence-electron chi connectivity index (χ2n) is 6.92. The molecule has 1 aromatic carbocycles. The van der Waals surface area contributed by atoms with Crippen molar-refractivity contribution in [2.24, 2.45) is 0 Å². The van der Waals surface area contributed by atoms with Gasteiger partial charge in [0.15, 0.2) is 0 Å². The fraction of sp³-hybridized carbons (Fsp3) is 0.529. The Hall–Kier alpha value is -1.59. The van der Waals surface area contributed by atoms with Crippen LogP contribution in [0.1, 0.15) is 45.3 Å². The summed E-state index contributed by atoms with van der Waals surface area (Å²) >= 11 is 5.80. The quantitative estimate of drug-likeness (QED) is 0.885. The van der Waals surface area contributed by atoms with Gasteiger partial charge in [0.1, 0.15) is 0 Å². The number of aliphatic hydroxyl groups excluding tert-OH is 1. The number of nitrogens with one attached hydrogen (secondary N) is 1. The van der Waals surface area contributed by atoms with Gasteiger partial charge in [-0.3, -0.25) is 9.59 Å². The molecule has 6 heteroatoms. The summed E-state index contributed by atoms with van der Waals surface area (Å²) in [5.41, 5.74) is 0.391. The minimum atomic E-state index is -0.886. The molecule has 0 spiro atoms. The van der Waals surface area contributed by atoms with Crippen LogP contribution in [0.4, 0.5) is 0 Å². The SMILES string of the molecule is CC(C)(C)N1CC(NC(=O)CC(O)c2ccc(Cl)cc2)CC1=O. The maximum atomic E-state index is 12.1. The Morgan fingerprint density at radius 1 is 1.39 bits per heavy atom. The van der Waals surface area contributed by atoms with Crippen LogP contribution in [0.2, 0.25) is 5.02 Å². The van der Waals surface area contributed by atoms with Crippen molar-refractivity contribution in [1.82, 2.24) is 10.2 Å². The predicted molar refractivity (Wildman–Crippen MR) is 89.0 cm³/mol. The highest BCUT2D eigenvalue weighted by atomic mass is 35.5. The van der Waals surface area contributed by atoms with Crippen LogP contribution in [0.15, 0.2) is 24.3 Å². The fourth-order valence-electron chi connectivity index (χ4n) is 2.72. The summed E-state index contributed by atoms with van der Waals surface area (Å²) < 4.78 is 0. The Balaban J connectivity index is 1.88. The summed E-state index contributed by atoms with van der Waals surface area (Å²) in [7, 11) is 0. The van der Waals surface area contributed by atoms with Crippen LogP contribution < -0.4 is 5.32 Å². The first-order valence-electron chi connectivity index (χ1n) is 7.70. The van der Waals surface area contributed by atoms with Gasteiger partial charge in [0, 0.05) is 23.5 Å². The van der Waals surface area contributed by atoms with E-state index in [2.05, 4.69) is 5.32 Å². The van der Waals surface area contributed by atoms with E-state index in [4.69, 9.17) is 11.6 Å². The standard InChI is InChI=1S/C17H23ClN2O3/c1-17(2,3)20-10-13(8-16(20)23)19-15(22)9-14(21)11-4-6-12(18)7-5-11/h4-7,13-14,21H,8-10H2,1-3H3,(H,19,22). The van der Waals surface area contributed by atoms with Crippen molar-refractivity contribution >= 4 is 23.4 Å². The van der Waals surface area contributed by atoms with Crippen molar-refractivity contribution in [3.63, 3.8) is 0 Å². The monoisotopic (exact) mass is 338 g/mol. The number of hydrogen-bond donors (Lipinski definition) is 2. The van der Waals surface area contributed by atoms with E-state index in [1.165, 1.54) is 0 Å². The molecule has 0 aromatic heterocycles. The molecular formula is C17H23ClN2O3. The molecule has 2 atom stereocenters. The average Bonchev–Trinajstić information content (AvgIpc) is 2.80. The van der Waals surface area contributed by atoms with Gasteiger partial charge in [-0.15, -0.1) is 0 Å². The topological polar surface area (TPSA) is 69.6 Å². The van der Waals surface area contributed by atoms with Gasteiger partial charge in [0.2, 0.25) is 11.8 Å². The van der Waals surface area contributed by atoms with Gasteiger partial charge < -0.3 is 15.3 Å². The first kappa shape index (κ1) is 17.8. The molecule has 126 valence electrons. The Labute approximate surface area is 141 Å². The summed E-state index contributed by atoms with van der Waals surface area (Å²) in [4.78, 5) is 25.9. The average molecular weight is 339 g/mol. The zero-order chi connectivity index (χ0) is 17.2. The maximum Gasteiger partial charge on any atom is 0.225 e. The molecule has 0 saturated carbocycles. The number of amides is 2. The second-order valence-corrected chi connectivity index (χ2v) is 7.35. The third kappa shape index (κ3) is 4.69. The summed E-state index contributed by atoms with van der Waals surface area (Å²) in [5.74, 6) is -0.220. The highest BCUT2D eigenvalue weighted by molar-refractivity contribution is 6.30. The number of likely N-dealkylation sites (tertiary alicyclic amines) is 1. The first-order chi connectivity index (χ1) is 10.7.